The summed E-state index contributed by atoms with van der Waals surface area (Å²) < 4.78 is 0. The Bertz CT molecular complexity index is 730. The van der Waals surface area contributed by atoms with Gasteiger partial charge in [-0.2, -0.15) is 0 Å². The van der Waals surface area contributed by atoms with Gasteiger partial charge in [0.15, 0.2) is 0 Å². The number of phenolic OH excluding ortho intramolecular Hbond substituents is 1. The third kappa shape index (κ3) is 4.15. The Hall–Kier alpha value is -2.24. The van der Waals surface area contributed by atoms with Gasteiger partial charge in [0.05, 0.1) is 27.8 Å². The van der Waals surface area contributed by atoms with Gasteiger partial charge in [-0.3, -0.25) is 9.59 Å². The number of aromatic hydroxyl groups is 1. The number of likely N-dealkylation sites (N-methyl/N-ethyl adjacent to an activating group) is 1. The molecule has 0 radical (unpaired) electrons. The van der Waals surface area contributed by atoms with Crippen molar-refractivity contribution in [1.29, 1.82) is 0 Å². The quantitative estimate of drug-likeness (QED) is 0.885. The van der Waals surface area contributed by atoms with E-state index in [2.05, 4.69) is 5.32 Å². The van der Waals surface area contributed by atoms with Crippen LogP contribution in [0.5, 0.6) is 5.75 Å². The third-order valence-corrected chi connectivity index (χ3v) is 3.72. The number of anilines is 1. The number of hydrogen-bond acceptors (Lipinski definition) is 3. The van der Waals surface area contributed by atoms with Crippen LogP contribution in [0.25, 0.3) is 0 Å². The maximum atomic E-state index is 12.2. The average Bonchev–Trinajstić information content (AvgIpc) is 2.51. The summed E-state index contributed by atoms with van der Waals surface area (Å²) in [5, 5.41) is 12.9. The first-order valence-electron chi connectivity index (χ1n) is 6.67. The van der Waals surface area contributed by atoms with E-state index in [-0.39, 0.29) is 17.9 Å². The molecule has 0 aliphatic rings. The molecule has 0 heterocycles. The van der Waals surface area contributed by atoms with Crippen molar-refractivity contribution in [3.63, 3.8) is 0 Å². The van der Waals surface area contributed by atoms with Gasteiger partial charge in [0.25, 0.3) is 5.91 Å². The molecule has 7 heteroatoms. The molecule has 120 valence electrons. The van der Waals surface area contributed by atoms with E-state index in [0.29, 0.717) is 15.7 Å². The fourth-order valence-corrected chi connectivity index (χ4v) is 2.44. The Morgan fingerprint density at radius 3 is 2.30 bits per heavy atom. The van der Waals surface area contributed by atoms with Gasteiger partial charge < -0.3 is 15.3 Å². The molecule has 2 aromatic carbocycles. The van der Waals surface area contributed by atoms with Crippen LogP contribution in [0.3, 0.4) is 0 Å². The van der Waals surface area contributed by atoms with Crippen LogP contribution in [-0.2, 0) is 4.79 Å². The maximum absolute atomic E-state index is 12.2. The molecular weight excluding hydrogens is 339 g/mol. The number of carbonyl (C=O) groups is 2. The Morgan fingerprint density at radius 1 is 1.09 bits per heavy atom. The molecule has 0 saturated carbocycles. The molecule has 0 aliphatic carbocycles. The first kappa shape index (κ1) is 17.1. The minimum atomic E-state index is -0.469. The molecule has 0 spiro atoms. The van der Waals surface area contributed by atoms with Crippen LogP contribution >= 0.6 is 23.2 Å². The fourth-order valence-electron chi connectivity index (χ4n) is 1.94. The van der Waals surface area contributed by atoms with Crippen LogP contribution in [0.2, 0.25) is 10.0 Å². The highest BCUT2D eigenvalue weighted by Gasteiger charge is 2.18. The number of rotatable bonds is 4. The number of nitrogens with zero attached hydrogens (tertiary/aromatic N) is 1. The van der Waals surface area contributed by atoms with Gasteiger partial charge in [0.1, 0.15) is 5.75 Å². The summed E-state index contributed by atoms with van der Waals surface area (Å²) in [6, 6.07) is 11.0. The average molecular weight is 353 g/mol. The van der Waals surface area contributed by atoms with Crippen LogP contribution in [0.4, 0.5) is 5.69 Å². The predicted octanol–water partition coefficient (Wildman–Crippen LogP) is 3.41. The molecule has 0 aromatic heterocycles. The van der Waals surface area contributed by atoms with E-state index in [9.17, 15) is 14.7 Å². The summed E-state index contributed by atoms with van der Waals surface area (Å²) in [7, 11) is 1.46. The fraction of sp³-hybridized carbons (Fsp3) is 0.125. The third-order valence-electron chi connectivity index (χ3n) is 3.09. The Balaban J connectivity index is 2.05. The minimum absolute atomic E-state index is 0.124. The molecule has 2 amide bonds. The number of amides is 2. The second kappa shape index (κ2) is 7.35. The lowest BCUT2D eigenvalue weighted by Crippen LogP contribution is -2.35. The normalized spacial score (nSPS) is 10.2. The predicted molar refractivity (Wildman–Crippen MR) is 90.2 cm³/mol. The molecule has 2 rings (SSSR count). The van der Waals surface area contributed by atoms with Crippen molar-refractivity contribution < 1.29 is 14.7 Å². The van der Waals surface area contributed by atoms with Gasteiger partial charge in [0.2, 0.25) is 5.91 Å². The molecular formula is C16H14Cl2N2O3. The van der Waals surface area contributed by atoms with Crippen molar-refractivity contribution in [3.8, 4) is 5.75 Å². The summed E-state index contributed by atoms with van der Waals surface area (Å²) >= 11 is 12.0. The SMILES string of the molecule is CN(CC(=O)Nc1c(Cl)cccc1Cl)C(=O)c1ccccc1O. The van der Waals surface area contributed by atoms with Crippen LogP contribution in [0, 0.1) is 0 Å². The summed E-state index contributed by atoms with van der Waals surface area (Å²) in [6.45, 7) is -0.214. The number of benzene rings is 2. The summed E-state index contributed by atoms with van der Waals surface area (Å²) in [4.78, 5) is 25.5. The monoisotopic (exact) mass is 352 g/mol. The standard InChI is InChI=1S/C16H14Cl2N2O3/c1-20(16(23)10-5-2-3-8-13(10)21)9-14(22)19-15-11(17)6-4-7-12(15)18/h2-8,21H,9H2,1H3,(H,19,22). The second-order valence-electron chi connectivity index (χ2n) is 4.82. The van der Waals surface area contributed by atoms with Crippen LogP contribution in [0.15, 0.2) is 42.5 Å². The van der Waals surface area contributed by atoms with E-state index < -0.39 is 11.8 Å². The molecule has 0 unspecified atom stereocenters. The Morgan fingerprint density at radius 2 is 1.70 bits per heavy atom. The summed E-state index contributed by atoms with van der Waals surface area (Å²) in [5.74, 6) is -1.06. The topological polar surface area (TPSA) is 69.6 Å². The van der Waals surface area contributed by atoms with Crippen molar-refractivity contribution in [1.82, 2.24) is 4.90 Å². The Labute approximate surface area is 143 Å². The zero-order valence-corrected chi connectivity index (χ0v) is 13.7. The van der Waals surface area contributed by atoms with Crippen molar-refractivity contribution in [2.24, 2.45) is 0 Å². The van der Waals surface area contributed by atoms with E-state index >= 15 is 0 Å². The second-order valence-corrected chi connectivity index (χ2v) is 5.64. The molecule has 0 aliphatic heterocycles. The number of halogens is 2. The molecule has 0 atom stereocenters. The van der Waals surface area contributed by atoms with Crippen molar-refractivity contribution >= 4 is 40.7 Å². The number of para-hydroxylation sites is 2. The van der Waals surface area contributed by atoms with Gasteiger partial charge >= 0.3 is 0 Å². The van der Waals surface area contributed by atoms with Crippen LogP contribution in [-0.4, -0.2) is 35.4 Å². The zero-order valence-electron chi connectivity index (χ0n) is 12.2. The molecule has 0 saturated heterocycles. The minimum Gasteiger partial charge on any atom is -0.507 e. The number of phenols is 1. The van der Waals surface area contributed by atoms with Crippen molar-refractivity contribution in [2.75, 3.05) is 18.9 Å². The molecule has 5 nitrogen and oxygen atoms in total. The first-order valence-corrected chi connectivity index (χ1v) is 7.43. The Kier molecular flexibility index (Phi) is 5.47. The number of carbonyl (C=O) groups excluding carboxylic acids is 2. The first-order chi connectivity index (χ1) is 10.9. The largest absolute Gasteiger partial charge is 0.507 e. The van der Waals surface area contributed by atoms with Crippen LogP contribution in [0.1, 0.15) is 10.4 Å². The van der Waals surface area contributed by atoms with Crippen molar-refractivity contribution in [3.05, 3.63) is 58.1 Å². The van der Waals surface area contributed by atoms with Gasteiger partial charge in [-0.05, 0) is 24.3 Å². The smallest absolute Gasteiger partial charge is 0.257 e. The molecule has 2 aromatic rings. The van der Waals surface area contributed by atoms with Gasteiger partial charge in [0, 0.05) is 7.05 Å². The van der Waals surface area contributed by atoms with Gasteiger partial charge in [-0.25, -0.2) is 0 Å². The highest BCUT2D eigenvalue weighted by molar-refractivity contribution is 6.39. The molecule has 2 N–H and O–H groups in total. The van der Waals surface area contributed by atoms with E-state index in [0.717, 1.165) is 0 Å². The molecule has 0 bridgehead atoms. The van der Waals surface area contributed by atoms with E-state index in [4.69, 9.17) is 23.2 Å². The molecule has 0 fully saturated rings. The number of hydrogen-bond donors (Lipinski definition) is 2. The summed E-state index contributed by atoms with van der Waals surface area (Å²) in [6.07, 6.45) is 0. The zero-order chi connectivity index (χ0) is 17.0. The van der Waals surface area contributed by atoms with Crippen molar-refractivity contribution in [2.45, 2.75) is 0 Å². The van der Waals surface area contributed by atoms with Gasteiger partial charge in [-0.1, -0.05) is 41.4 Å². The maximum Gasteiger partial charge on any atom is 0.257 e. The lowest BCUT2D eigenvalue weighted by atomic mass is 10.2. The highest BCUT2D eigenvalue weighted by atomic mass is 35.5. The summed E-state index contributed by atoms with van der Waals surface area (Å²) in [5.41, 5.74) is 0.419. The van der Waals surface area contributed by atoms with Gasteiger partial charge in [-0.15, -0.1) is 0 Å². The number of nitrogens with one attached hydrogen (secondary N) is 1. The van der Waals surface area contributed by atoms with Crippen LogP contribution < -0.4 is 5.32 Å². The lowest BCUT2D eigenvalue weighted by molar-refractivity contribution is -0.116. The lowest BCUT2D eigenvalue weighted by Gasteiger charge is -2.18. The van der Waals surface area contributed by atoms with E-state index in [1.807, 2.05) is 0 Å². The highest BCUT2D eigenvalue weighted by Crippen LogP contribution is 2.29. The molecule has 23 heavy (non-hydrogen) atoms. The van der Waals surface area contributed by atoms with E-state index in [1.165, 1.54) is 24.1 Å². The van der Waals surface area contributed by atoms with E-state index in [1.54, 1.807) is 30.3 Å².